The van der Waals surface area contributed by atoms with Gasteiger partial charge in [0.1, 0.15) is 6.61 Å². The van der Waals surface area contributed by atoms with E-state index in [1.54, 1.807) is 6.92 Å². The highest BCUT2D eigenvalue weighted by Gasteiger charge is 1.89. The fourth-order valence-corrected chi connectivity index (χ4v) is 0.172. The van der Waals surface area contributed by atoms with Crippen LogP contribution in [0.4, 0.5) is 0 Å². The van der Waals surface area contributed by atoms with Crippen LogP contribution < -0.4 is 5.32 Å². The third-order valence-electron chi connectivity index (χ3n) is 0.471. The van der Waals surface area contributed by atoms with Crippen LogP contribution in [0.2, 0.25) is 0 Å². The zero-order chi connectivity index (χ0) is 6.41. The van der Waals surface area contributed by atoms with Crippen LogP contribution in [-0.4, -0.2) is 17.6 Å². The van der Waals surface area contributed by atoms with E-state index in [1.165, 1.54) is 0 Å². The Morgan fingerprint density at radius 2 is 2.50 bits per heavy atom. The average molecular weight is 113 g/mol. The van der Waals surface area contributed by atoms with Crippen LogP contribution >= 0.6 is 0 Å². The number of carbonyl (C=O) groups is 1. The summed E-state index contributed by atoms with van der Waals surface area (Å²) in [5.41, 5.74) is 0. The smallest absolute Gasteiger partial charge is 0.257 e. The van der Waals surface area contributed by atoms with Crippen molar-refractivity contribution in [2.75, 3.05) is 6.61 Å². The van der Waals surface area contributed by atoms with Crippen molar-refractivity contribution >= 4 is 5.91 Å². The molecule has 0 aromatic carbocycles. The summed E-state index contributed by atoms with van der Waals surface area (Å²) in [5, 5.41) is 10.2. The van der Waals surface area contributed by atoms with Gasteiger partial charge in [-0.2, -0.15) is 0 Å². The molecule has 1 amide bonds. The standard InChI is InChI=1S/C5H7NO2/c1-2-3-6-5(8)4-7/h7H,4H2,1H3,(H,6,8). The van der Waals surface area contributed by atoms with Gasteiger partial charge in [0.2, 0.25) is 0 Å². The maximum absolute atomic E-state index is 10.1. The predicted octanol–water partition coefficient (Wildman–Crippen LogP) is -0.924. The lowest BCUT2D eigenvalue weighted by molar-refractivity contribution is -0.122. The van der Waals surface area contributed by atoms with E-state index in [-0.39, 0.29) is 0 Å². The van der Waals surface area contributed by atoms with Crippen molar-refractivity contribution in [3.63, 3.8) is 0 Å². The summed E-state index contributed by atoms with van der Waals surface area (Å²) in [6.45, 7) is 1.09. The van der Waals surface area contributed by atoms with Gasteiger partial charge in [-0.15, -0.1) is 0 Å². The van der Waals surface area contributed by atoms with Gasteiger partial charge in [0.15, 0.2) is 0 Å². The third kappa shape index (κ3) is 3.19. The first kappa shape index (κ1) is 6.99. The van der Waals surface area contributed by atoms with E-state index in [2.05, 4.69) is 17.3 Å². The molecule has 0 saturated heterocycles. The molecule has 0 saturated carbocycles. The highest BCUT2D eigenvalue weighted by Crippen LogP contribution is 1.56. The lowest BCUT2D eigenvalue weighted by Gasteiger charge is -1.86. The number of hydrogen-bond donors (Lipinski definition) is 2. The summed E-state index contributed by atoms with van der Waals surface area (Å²) in [7, 11) is 0. The summed E-state index contributed by atoms with van der Waals surface area (Å²) >= 11 is 0. The molecule has 8 heavy (non-hydrogen) atoms. The summed E-state index contributed by atoms with van der Waals surface area (Å²) in [4.78, 5) is 10.1. The van der Waals surface area contributed by atoms with E-state index in [0.29, 0.717) is 0 Å². The van der Waals surface area contributed by atoms with Crippen molar-refractivity contribution in [2.45, 2.75) is 6.92 Å². The quantitative estimate of drug-likeness (QED) is 0.341. The van der Waals surface area contributed by atoms with E-state index in [4.69, 9.17) is 5.11 Å². The Hall–Kier alpha value is -1.01. The number of nitrogens with one attached hydrogen (secondary N) is 1. The van der Waals surface area contributed by atoms with Gasteiger partial charge in [-0.25, -0.2) is 0 Å². The third-order valence-corrected chi connectivity index (χ3v) is 0.471. The van der Waals surface area contributed by atoms with Crippen molar-refractivity contribution in [3.05, 3.63) is 0 Å². The zero-order valence-corrected chi connectivity index (χ0v) is 4.56. The minimum Gasteiger partial charge on any atom is -0.387 e. The van der Waals surface area contributed by atoms with Gasteiger partial charge in [-0.05, 0) is 6.92 Å². The molecule has 3 nitrogen and oxygen atoms in total. The first-order chi connectivity index (χ1) is 3.81. The first-order valence-corrected chi connectivity index (χ1v) is 2.12. The summed E-state index contributed by atoms with van der Waals surface area (Å²) < 4.78 is 0. The maximum Gasteiger partial charge on any atom is 0.257 e. The average Bonchev–Trinajstić information content (AvgIpc) is 1.83. The van der Waals surface area contributed by atoms with Gasteiger partial charge in [-0.3, -0.25) is 10.1 Å². The number of aliphatic hydroxyl groups excluding tert-OH is 1. The van der Waals surface area contributed by atoms with Gasteiger partial charge in [-0.1, -0.05) is 5.92 Å². The lowest BCUT2D eigenvalue weighted by atomic mass is 10.6. The second kappa shape index (κ2) is 4.16. The van der Waals surface area contributed by atoms with Gasteiger partial charge < -0.3 is 5.11 Å². The van der Waals surface area contributed by atoms with Crippen molar-refractivity contribution in [2.24, 2.45) is 0 Å². The van der Waals surface area contributed by atoms with E-state index in [1.807, 2.05) is 0 Å². The number of carbonyl (C=O) groups excluding carboxylic acids is 1. The molecular weight excluding hydrogens is 106 g/mol. The Kier molecular flexibility index (Phi) is 3.63. The fourth-order valence-electron chi connectivity index (χ4n) is 0.172. The van der Waals surface area contributed by atoms with Crippen LogP contribution in [0.5, 0.6) is 0 Å². The molecule has 3 heteroatoms. The molecule has 44 valence electrons. The number of hydrogen-bond acceptors (Lipinski definition) is 2. The fraction of sp³-hybridized carbons (Fsp3) is 0.400. The Labute approximate surface area is 47.7 Å². The molecular formula is C5H7NO2. The van der Waals surface area contributed by atoms with Crippen molar-refractivity contribution in [1.29, 1.82) is 0 Å². The van der Waals surface area contributed by atoms with Crippen LogP contribution in [0.15, 0.2) is 0 Å². The molecule has 0 aliphatic carbocycles. The molecule has 0 aliphatic rings. The first-order valence-electron chi connectivity index (χ1n) is 2.12. The Morgan fingerprint density at radius 1 is 1.88 bits per heavy atom. The molecule has 0 fully saturated rings. The number of amides is 1. The predicted molar refractivity (Wildman–Crippen MR) is 28.7 cm³/mol. The van der Waals surface area contributed by atoms with Crippen LogP contribution in [0.25, 0.3) is 0 Å². The zero-order valence-electron chi connectivity index (χ0n) is 4.56. The molecule has 0 aliphatic heterocycles. The van der Waals surface area contributed by atoms with Crippen molar-refractivity contribution in [3.8, 4) is 12.0 Å². The molecule has 0 aromatic heterocycles. The minimum atomic E-state index is -0.505. The molecule has 0 heterocycles. The van der Waals surface area contributed by atoms with Crippen LogP contribution in [0.3, 0.4) is 0 Å². The minimum absolute atomic E-state index is 0.473. The molecule has 0 rings (SSSR count). The number of rotatable bonds is 1. The van der Waals surface area contributed by atoms with Gasteiger partial charge in [0.05, 0.1) is 0 Å². The summed E-state index contributed by atoms with van der Waals surface area (Å²) in [6.07, 6.45) is 0. The Morgan fingerprint density at radius 3 is 2.88 bits per heavy atom. The molecule has 0 unspecified atom stereocenters. The SMILES string of the molecule is CC#CNC(=O)CO. The number of aliphatic hydroxyl groups is 1. The van der Waals surface area contributed by atoms with Gasteiger partial charge >= 0.3 is 0 Å². The van der Waals surface area contributed by atoms with E-state index in [0.717, 1.165) is 0 Å². The van der Waals surface area contributed by atoms with E-state index >= 15 is 0 Å². The maximum atomic E-state index is 10.1. The highest BCUT2D eigenvalue weighted by molar-refractivity contribution is 5.78. The normalized spacial score (nSPS) is 6.75. The molecule has 0 atom stereocenters. The summed E-state index contributed by atoms with van der Waals surface area (Å²) in [5.74, 6) is 1.97. The summed E-state index contributed by atoms with van der Waals surface area (Å²) in [6, 6.07) is 2.29. The second-order valence-electron chi connectivity index (χ2n) is 1.08. The molecule has 0 aromatic rings. The van der Waals surface area contributed by atoms with Crippen molar-refractivity contribution in [1.82, 2.24) is 5.32 Å². The van der Waals surface area contributed by atoms with E-state index < -0.39 is 12.5 Å². The lowest BCUT2D eigenvalue weighted by Crippen LogP contribution is -2.20. The largest absolute Gasteiger partial charge is 0.387 e. The monoisotopic (exact) mass is 113 g/mol. The Balaban J connectivity index is 3.35. The van der Waals surface area contributed by atoms with Gasteiger partial charge in [0, 0.05) is 6.04 Å². The van der Waals surface area contributed by atoms with Crippen LogP contribution in [0.1, 0.15) is 6.92 Å². The topological polar surface area (TPSA) is 49.3 Å². The van der Waals surface area contributed by atoms with E-state index in [9.17, 15) is 4.79 Å². The van der Waals surface area contributed by atoms with Gasteiger partial charge in [0.25, 0.3) is 5.91 Å². The highest BCUT2D eigenvalue weighted by atomic mass is 16.3. The van der Waals surface area contributed by atoms with Crippen LogP contribution in [0, 0.1) is 12.0 Å². The Bertz CT molecular complexity index is 131. The van der Waals surface area contributed by atoms with Crippen molar-refractivity contribution < 1.29 is 9.90 Å². The molecule has 2 N–H and O–H groups in total. The molecule has 0 bridgehead atoms. The second-order valence-corrected chi connectivity index (χ2v) is 1.08. The molecule has 0 radical (unpaired) electrons. The molecule has 0 spiro atoms. The van der Waals surface area contributed by atoms with Crippen LogP contribution in [-0.2, 0) is 4.79 Å².